The standard InChI is InChI=1S/C31H53NO3/c1-7-10-11-12-13-14-15-16-20-23-29(33)34-28-24-30(5,6)32(31(8-2,9-3)25-28)35-26(4)27-21-18-17-19-22-27/h17-19,21-22,26,28H,7-16,20,23-25H2,1-6H3. The third-order valence-corrected chi connectivity index (χ3v) is 7.95. The number of benzene rings is 1. The second-order valence-corrected chi connectivity index (χ2v) is 11.3. The third-order valence-electron chi connectivity index (χ3n) is 7.95. The van der Waals surface area contributed by atoms with Crippen molar-refractivity contribution in [3.05, 3.63) is 35.9 Å². The van der Waals surface area contributed by atoms with Gasteiger partial charge in [-0.05, 0) is 45.6 Å². The quantitative estimate of drug-likeness (QED) is 0.172. The number of piperidine rings is 1. The van der Waals surface area contributed by atoms with E-state index in [4.69, 9.17) is 9.57 Å². The number of hydrogen-bond acceptors (Lipinski definition) is 4. The lowest BCUT2D eigenvalue weighted by Crippen LogP contribution is -2.64. The summed E-state index contributed by atoms with van der Waals surface area (Å²) < 4.78 is 6.07. The highest BCUT2D eigenvalue weighted by molar-refractivity contribution is 5.69. The predicted octanol–water partition coefficient (Wildman–Crippen LogP) is 8.95. The Hall–Kier alpha value is -1.39. The summed E-state index contributed by atoms with van der Waals surface area (Å²) in [5, 5.41) is 2.25. The first kappa shape index (κ1) is 29.8. The molecule has 4 heteroatoms. The van der Waals surface area contributed by atoms with Gasteiger partial charge in [-0.2, -0.15) is 5.06 Å². The maximum absolute atomic E-state index is 12.7. The van der Waals surface area contributed by atoms with Crippen LogP contribution in [-0.4, -0.2) is 28.2 Å². The van der Waals surface area contributed by atoms with Crippen LogP contribution in [0.1, 0.15) is 143 Å². The number of rotatable bonds is 16. The molecule has 1 aliphatic heterocycles. The largest absolute Gasteiger partial charge is 0.462 e. The number of hydrogen-bond donors (Lipinski definition) is 0. The van der Waals surface area contributed by atoms with Crippen LogP contribution in [0.25, 0.3) is 0 Å². The van der Waals surface area contributed by atoms with E-state index in [1.165, 1.54) is 50.5 Å². The molecule has 1 aromatic rings. The summed E-state index contributed by atoms with van der Waals surface area (Å²) in [6.07, 6.45) is 15.3. The molecule has 1 aliphatic rings. The first-order valence-corrected chi connectivity index (χ1v) is 14.5. The van der Waals surface area contributed by atoms with Crippen molar-refractivity contribution in [3.8, 4) is 0 Å². The molecular weight excluding hydrogens is 434 g/mol. The highest BCUT2D eigenvalue weighted by Gasteiger charge is 2.51. The first-order chi connectivity index (χ1) is 16.8. The normalized spacial score (nSPS) is 20.5. The number of unbranched alkanes of at least 4 members (excludes halogenated alkanes) is 8. The van der Waals surface area contributed by atoms with Gasteiger partial charge in [0.25, 0.3) is 0 Å². The molecule has 1 aromatic carbocycles. The van der Waals surface area contributed by atoms with E-state index in [1.54, 1.807) is 0 Å². The van der Waals surface area contributed by atoms with Crippen LogP contribution < -0.4 is 0 Å². The van der Waals surface area contributed by atoms with E-state index in [2.05, 4.69) is 70.9 Å². The third kappa shape index (κ3) is 9.21. The zero-order valence-electron chi connectivity index (χ0n) is 23.6. The lowest BCUT2D eigenvalue weighted by Gasteiger charge is -2.56. The molecule has 35 heavy (non-hydrogen) atoms. The number of esters is 1. The fourth-order valence-corrected chi connectivity index (χ4v) is 5.79. The fourth-order valence-electron chi connectivity index (χ4n) is 5.79. The molecule has 0 spiro atoms. The Morgan fingerprint density at radius 3 is 2.06 bits per heavy atom. The molecule has 0 aromatic heterocycles. The number of ether oxygens (including phenoxy) is 1. The van der Waals surface area contributed by atoms with Gasteiger partial charge in [0.2, 0.25) is 0 Å². The molecule has 1 heterocycles. The molecule has 0 N–H and O–H groups in total. The van der Waals surface area contributed by atoms with Crippen LogP contribution in [0.5, 0.6) is 0 Å². The van der Waals surface area contributed by atoms with Gasteiger partial charge in [0.05, 0.1) is 0 Å². The second-order valence-electron chi connectivity index (χ2n) is 11.3. The Morgan fingerprint density at radius 1 is 0.914 bits per heavy atom. The Balaban J connectivity index is 1.87. The second kappa shape index (κ2) is 15.0. The average molecular weight is 488 g/mol. The topological polar surface area (TPSA) is 38.8 Å². The number of hydroxylamine groups is 2. The predicted molar refractivity (Wildman–Crippen MR) is 146 cm³/mol. The Kier molecular flexibility index (Phi) is 12.8. The van der Waals surface area contributed by atoms with Crippen LogP contribution in [0.15, 0.2) is 30.3 Å². The molecule has 200 valence electrons. The Labute approximate surface area is 216 Å². The molecule has 1 saturated heterocycles. The van der Waals surface area contributed by atoms with Crippen LogP contribution in [-0.2, 0) is 14.4 Å². The van der Waals surface area contributed by atoms with E-state index >= 15 is 0 Å². The van der Waals surface area contributed by atoms with Gasteiger partial charge in [0.15, 0.2) is 0 Å². The number of carbonyl (C=O) groups excluding carboxylic acids is 1. The highest BCUT2D eigenvalue weighted by Crippen LogP contribution is 2.45. The maximum atomic E-state index is 12.7. The van der Waals surface area contributed by atoms with Crippen molar-refractivity contribution in [1.82, 2.24) is 5.06 Å². The summed E-state index contributed by atoms with van der Waals surface area (Å²) in [5.74, 6) is -0.0260. The van der Waals surface area contributed by atoms with Crippen LogP contribution >= 0.6 is 0 Å². The van der Waals surface area contributed by atoms with Crippen molar-refractivity contribution >= 4 is 5.97 Å². The SMILES string of the molecule is CCCCCCCCCCCC(=O)OC1CC(C)(C)N(OC(C)c2ccccc2)C(CC)(CC)C1. The summed E-state index contributed by atoms with van der Waals surface area (Å²) in [4.78, 5) is 19.4. The van der Waals surface area contributed by atoms with Gasteiger partial charge in [-0.25, -0.2) is 0 Å². The van der Waals surface area contributed by atoms with Crippen molar-refractivity contribution < 1.29 is 14.4 Å². The van der Waals surface area contributed by atoms with E-state index in [-0.39, 0.29) is 29.3 Å². The van der Waals surface area contributed by atoms with Gasteiger partial charge < -0.3 is 4.74 Å². The minimum atomic E-state index is -0.226. The Bertz CT molecular complexity index is 713. The van der Waals surface area contributed by atoms with Crippen molar-refractivity contribution in [1.29, 1.82) is 0 Å². The van der Waals surface area contributed by atoms with Gasteiger partial charge >= 0.3 is 5.97 Å². The monoisotopic (exact) mass is 487 g/mol. The molecule has 1 fully saturated rings. The summed E-state index contributed by atoms with van der Waals surface area (Å²) in [5.41, 5.74) is 0.808. The molecule has 0 saturated carbocycles. The lowest BCUT2D eigenvalue weighted by atomic mass is 9.75. The summed E-state index contributed by atoms with van der Waals surface area (Å²) in [6.45, 7) is 13.3. The zero-order valence-corrected chi connectivity index (χ0v) is 23.6. The molecule has 0 amide bonds. The highest BCUT2D eigenvalue weighted by atomic mass is 16.7. The number of carbonyl (C=O) groups is 1. The van der Waals surface area contributed by atoms with Crippen molar-refractivity contribution in [3.63, 3.8) is 0 Å². The van der Waals surface area contributed by atoms with Gasteiger partial charge in [0, 0.05) is 30.3 Å². The lowest BCUT2D eigenvalue weighted by molar-refractivity contribution is -0.323. The molecule has 4 nitrogen and oxygen atoms in total. The minimum absolute atomic E-state index is 0.0260. The summed E-state index contributed by atoms with van der Waals surface area (Å²) in [6, 6.07) is 10.4. The van der Waals surface area contributed by atoms with Gasteiger partial charge in [-0.3, -0.25) is 9.63 Å². The van der Waals surface area contributed by atoms with Crippen molar-refractivity contribution in [2.45, 2.75) is 155 Å². The molecule has 2 unspecified atom stereocenters. The molecule has 0 aliphatic carbocycles. The van der Waals surface area contributed by atoms with Crippen LogP contribution in [0.3, 0.4) is 0 Å². The van der Waals surface area contributed by atoms with Crippen LogP contribution in [0.4, 0.5) is 0 Å². The van der Waals surface area contributed by atoms with Gasteiger partial charge in [0.1, 0.15) is 12.2 Å². The van der Waals surface area contributed by atoms with E-state index in [9.17, 15) is 4.79 Å². The van der Waals surface area contributed by atoms with E-state index in [0.29, 0.717) is 6.42 Å². The van der Waals surface area contributed by atoms with E-state index in [1.807, 2.05) is 6.07 Å². The first-order valence-electron chi connectivity index (χ1n) is 14.5. The van der Waals surface area contributed by atoms with Gasteiger partial charge in [-0.1, -0.05) is 102 Å². The minimum Gasteiger partial charge on any atom is -0.462 e. The smallest absolute Gasteiger partial charge is 0.306 e. The average Bonchev–Trinajstić information content (AvgIpc) is 2.84. The molecular formula is C31H53NO3. The van der Waals surface area contributed by atoms with Crippen molar-refractivity contribution in [2.75, 3.05) is 0 Å². The molecule has 0 bridgehead atoms. The summed E-state index contributed by atoms with van der Waals surface area (Å²) >= 11 is 0. The van der Waals surface area contributed by atoms with E-state index < -0.39 is 0 Å². The summed E-state index contributed by atoms with van der Waals surface area (Å²) in [7, 11) is 0. The maximum Gasteiger partial charge on any atom is 0.306 e. The van der Waals surface area contributed by atoms with Gasteiger partial charge in [-0.15, -0.1) is 0 Å². The van der Waals surface area contributed by atoms with Crippen LogP contribution in [0.2, 0.25) is 0 Å². The zero-order chi connectivity index (χ0) is 25.7. The van der Waals surface area contributed by atoms with E-state index in [0.717, 1.165) is 38.5 Å². The molecule has 2 atom stereocenters. The molecule has 0 radical (unpaired) electrons. The number of nitrogens with zero attached hydrogens (tertiary/aromatic N) is 1. The Morgan fingerprint density at radius 2 is 1.49 bits per heavy atom. The van der Waals surface area contributed by atoms with Crippen LogP contribution in [0, 0.1) is 0 Å². The fraction of sp³-hybridized carbons (Fsp3) is 0.774. The van der Waals surface area contributed by atoms with Crippen molar-refractivity contribution in [2.24, 2.45) is 0 Å². The molecule has 2 rings (SSSR count).